The number of esters is 1. The van der Waals surface area contributed by atoms with E-state index >= 15 is 0 Å². The third-order valence-corrected chi connectivity index (χ3v) is 4.05. The average molecular weight is 397 g/mol. The molecule has 0 saturated heterocycles. The van der Waals surface area contributed by atoms with Crippen molar-refractivity contribution >= 4 is 17.6 Å². The Morgan fingerprint density at radius 3 is 2.56 bits per heavy atom. The van der Waals surface area contributed by atoms with Crippen LogP contribution in [0.5, 0.6) is 0 Å². The second-order valence-corrected chi connectivity index (χ2v) is 6.12. The average Bonchev–Trinajstić information content (AvgIpc) is 3.10. The van der Waals surface area contributed by atoms with Gasteiger partial charge < -0.3 is 9.26 Å². The minimum atomic E-state index is -1.24. The highest BCUT2D eigenvalue weighted by Gasteiger charge is 2.23. The zero-order valence-electron chi connectivity index (χ0n) is 14.1. The normalized spacial score (nSPS) is 12.1. The number of benzene rings is 2. The van der Waals surface area contributed by atoms with Gasteiger partial charge in [-0.05, 0) is 37.6 Å². The fourth-order valence-corrected chi connectivity index (χ4v) is 2.43. The molecule has 9 heteroatoms. The first-order valence-corrected chi connectivity index (χ1v) is 8.09. The van der Waals surface area contributed by atoms with Gasteiger partial charge in [-0.1, -0.05) is 28.9 Å². The van der Waals surface area contributed by atoms with E-state index < -0.39 is 29.5 Å². The van der Waals surface area contributed by atoms with Crippen LogP contribution in [0, 0.1) is 24.4 Å². The molecule has 0 aliphatic carbocycles. The van der Waals surface area contributed by atoms with Crippen molar-refractivity contribution in [1.29, 1.82) is 0 Å². The summed E-state index contributed by atoms with van der Waals surface area (Å²) in [5, 5.41) is 3.42. The number of carbonyl (C=O) groups excluding carboxylic acids is 1. The summed E-state index contributed by atoms with van der Waals surface area (Å²) in [5.74, 6) is -3.79. The number of aryl methyl sites for hydroxylation is 1. The van der Waals surface area contributed by atoms with Crippen molar-refractivity contribution in [2.75, 3.05) is 0 Å². The number of hydrogen-bond acceptors (Lipinski definition) is 5. The Morgan fingerprint density at radius 1 is 1.15 bits per heavy atom. The maximum atomic E-state index is 13.7. The number of aromatic nitrogens is 2. The third-order valence-electron chi connectivity index (χ3n) is 3.73. The Morgan fingerprint density at radius 2 is 1.85 bits per heavy atom. The largest absolute Gasteiger partial charge is 0.449 e. The smallest absolute Gasteiger partial charge is 0.340 e. The molecule has 0 N–H and O–H groups in total. The van der Waals surface area contributed by atoms with Crippen molar-refractivity contribution in [3.05, 3.63) is 69.8 Å². The van der Waals surface area contributed by atoms with Gasteiger partial charge in [-0.2, -0.15) is 4.98 Å². The number of hydrogen-bond donors (Lipinski definition) is 0. The number of rotatable bonds is 4. The summed E-state index contributed by atoms with van der Waals surface area (Å²) in [6, 6.07) is 5.75. The zero-order valence-corrected chi connectivity index (χ0v) is 14.9. The standard InChI is InChI=1S/C18H12ClF3N2O3/c1-8-3-4-10(5-13(8)20)16-23-17(27-24-16)9(2)26-18(25)11-6-14(21)15(22)7-12(11)19/h3-7,9H,1-2H3. The summed E-state index contributed by atoms with van der Waals surface area (Å²) < 4.78 is 50.2. The van der Waals surface area contributed by atoms with E-state index in [-0.39, 0.29) is 22.3 Å². The van der Waals surface area contributed by atoms with Crippen LogP contribution in [0.4, 0.5) is 13.2 Å². The Kier molecular flexibility index (Phi) is 5.18. The second kappa shape index (κ2) is 7.40. The van der Waals surface area contributed by atoms with Crippen molar-refractivity contribution in [3.63, 3.8) is 0 Å². The van der Waals surface area contributed by atoms with Crippen LogP contribution in [0.2, 0.25) is 5.02 Å². The molecule has 0 aliphatic heterocycles. The van der Waals surface area contributed by atoms with E-state index in [1.54, 1.807) is 19.1 Å². The van der Waals surface area contributed by atoms with Crippen LogP contribution in [-0.4, -0.2) is 16.1 Å². The Bertz CT molecular complexity index is 1020. The van der Waals surface area contributed by atoms with Crippen molar-refractivity contribution < 1.29 is 27.2 Å². The van der Waals surface area contributed by atoms with Gasteiger partial charge in [0.2, 0.25) is 5.82 Å². The highest BCUT2D eigenvalue weighted by atomic mass is 35.5. The van der Waals surface area contributed by atoms with Gasteiger partial charge >= 0.3 is 5.97 Å². The molecule has 2 aromatic carbocycles. The van der Waals surface area contributed by atoms with Crippen LogP contribution in [0.25, 0.3) is 11.4 Å². The first kappa shape index (κ1) is 18.9. The molecule has 0 saturated carbocycles. The molecule has 0 radical (unpaired) electrons. The molecular formula is C18H12ClF3N2O3. The summed E-state index contributed by atoms with van der Waals surface area (Å²) in [5.41, 5.74) is 0.506. The molecule has 0 amide bonds. The van der Waals surface area contributed by atoms with Crippen LogP contribution in [0.3, 0.4) is 0 Å². The Balaban J connectivity index is 1.78. The minimum absolute atomic E-state index is 0.0574. The van der Waals surface area contributed by atoms with Gasteiger partial charge in [-0.3, -0.25) is 0 Å². The van der Waals surface area contributed by atoms with Crippen LogP contribution in [-0.2, 0) is 4.74 Å². The predicted octanol–water partition coefficient (Wildman–Crippen LogP) is 5.03. The van der Waals surface area contributed by atoms with Gasteiger partial charge in [0.1, 0.15) is 5.82 Å². The molecule has 0 aliphatic rings. The lowest BCUT2D eigenvalue weighted by molar-refractivity contribution is 0.0265. The maximum Gasteiger partial charge on any atom is 0.340 e. The molecule has 0 fully saturated rings. The van der Waals surface area contributed by atoms with E-state index in [2.05, 4.69) is 10.1 Å². The fraction of sp³-hybridized carbons (Fsp3) is 0.167. The highest BCUT2D eigenvalue weighted by Crippen LogP contribution is 2.25. The molecule has 1 aromatic heterocycles. The number of carbonyl (C=O) groups is 1. The van der Waals surface area contributed by atoms with E-state index in [1.165, 1.54) is 13.0 Å². The molecule has 1 unspecified atom stereocenters. The van der Waals surface area contributed by atoms with Gasteiger partial charge in [0.15, 0.2) is 17.7 Å². The van der Waals surface area contributed by atoms with Crippen molar-refractivity contribution in [2.45, 2.75) is 20.0 Å². The summed E-state index contributed by atoms with van der Waals surface area (Å²) in [6.45, 7) is 3.06. The molecule has 3 rings (SSSR count). The predicted molar refractivity (Wildman–Crippen MR) is 89.6 cm³/mol. The molecule has 3 aromatic rings. The van der Waals surface area contributed by atoms with Crippen molar-refractivity contribution in [2.24, 2.45) is 0 Å². The number of nitrogens with zero attached hydrogens (tertiary/aromatic N) is 2. The van der Waals surface area contributed by atoms with E-state index in [1.807, 2.05) is 0 Å². The molecule has 1 atom stereocenters. The fourth-order valence-electron chi connectivity index (χ4n) is 2.20. The van der Waals surface area contributed by atoms with E-state index in [4.69, 9.17) is 20.9 Å². The summed E-state index contributed by atoms with van der Waals surface area (Å²) in [7, 11) is 0. The number of ether oxygens (including phenoxy) is 1. The van der Waals surface area contributed by atoms with Crippen LogP contribution in [0.15, 0.2) is 34.9 Å². The summed E-state index contributed by atoms with van der Waals surface area (Å²) >= 11 is 5.74. The Hall–Kier alpha value is -2.87. The lowest BCUT2D eigenvalue weighted by atomic mass is 10.1. The van der Waals surface area contributed by atoms with E-state index in [9.17, 15) is 18.0 Å². The first-order chi connectivity index (χ1) is 12.8. The van der Waals surface area contributed by atoms with Crippen LogP contribution in [0.1, 0.15) is 34.8 Å². The zero-order chi connectivity index (χ0) is 19.7. The quantitative estimate of drug-likeness (QED) is 0.457. The van der Waals surface area contributed by atoms with Gasteiger partial charge in [-0.25, -0.2) is 18.0 Å². The SMILES string of the molecule is Cc1ccc(-c2noc(C(C)OC(=O)c3cc(F)c(F)cc3Cl)n2)cc1F. The lowest BCUT2D eigenvalue weighted by Crippen LogP contribution is -2.11. The van der Waals surface area contributed by atoms with Crippen LogP contribution < -0.4 is 0 Å². The van der Waals surface area contributed by atoms with Gasteiger partial charge in [0, 0.05) is 5.56 Å². The minimum Gasteiger partial charge on any atom is -0.449 e. The molecule has 140 valence electrons. The Labute approximate surface area is 156 Å². The summed E-state index contributed by atoms with van der Waals surface area (Å²) in [4.78, 5) is 16.2. The van der Waals surface area contributed by atoms with Crippen LogP contribution >= 0.6 is 11.6 Å². The molecule has 0 bridgehead atoms. The van der Waals surface area contributed by atoms with E-state index in [0.717, 1.165) is 0 Å². The lowest BCUT2D eigenvalue weighted by Gasteiger charge is -2.10. The highest BCUT2D eigenvalue weighted by molar-refractivity contribution is 6.33. The van der Waals surface area contributed by atoms with Crippen molar-refractivity contribution in [1.82, 2.24) is 10.1 Å². The van der Waals surface area contributed by atoms with Gasteiger partial charge in [0.25, 0.3) is 5.89 Å². The first-order valence-electron chi connectivity index (χ1n) is 7.72. The molecule has 1 heterocycles. The molecule has 27 heavy (non-hydrogen) atoms. The second-order valence-electron chi connectivity index (χ2n) is 5.71. The van der Waals surface area contributed by atoms with Crippen molar-refractivity contribution in [3.8, 4) is 11.4 Å². The molecule has 0 spiro atoms. The topological polar surface area (TPSA) is 65.2 Å². The number of halogens is 4. The maximum absolute atomic E-state index is 13.7. The summed E-state index contributed by atoms with van der Waals surface area (Å²) in [6.07, 6.45) is -1.00. The monoisotopic (exact) mass is 396 g/mol. The molecule has 5 nitrogen and oxygen atoms in total. The van der Waals surface area contributed by atoms with Gasteiger partial charge in [0.05, 0.1) is 10.6 Å². The van der Waals surface area contributed by atoms with Gasteiger partial charge in [-0.15, -0.1) is 0 Å². The van der Waals surface area contributed by atoms with E-state index in [0.29, 0.717) is 23.3 Å². The molecular weight excluding hydrogens is 385 g/mol. The third kappa shape index (κ3) is 3.95.